The molecule has 1 unspecified atom stereocenters. The van der Waals surface area contributed by atoms with Crippen LogP contribution in [-0.2, 0) is 6.54 Å². The van der Waals surface area contributed by atoms with Crippen molar-refractivity contribution < 1.29 is 8.78 Å². The van der Waals surface area contributed by atoms with Crippen molar-refractivity contribution in [2.24, 2.45) is 0 Å². The Kier molecular flexibility index (Phi) is 4.80. The molecular weight excluding hydrogens is 240 g/mol. The van der Waals surface area contributed by atoms with Crippen molar-refractivity contribution in [3.05, 3.63) is 35.4 Å². The Hall–Kier alpha value is -0.610. The van der Waals surface area contributed by atoms with Gasteiger partial charge in [-0.15, -0.1) is 0 Å². The van der Waals surface area contributed by atoms with Gasteiger partial charge in [0, 0.05) is 30.0 Å². The largest absolute Gasteiger partial charge is 0.311 e. The molecule has 1 fully saturated rings. The van der Waals surface area contributed by atoms with Crippen LogP contribution < -0.4 is 5.32 Å². The minimum atomic E-state index is -0.519. The first-order valence-electron chi connectivity index (χ1n) is 6.02. The molecule has 94 valence electrons. The normalized spacial score (nSPS) is 20.5. The van der Waals surface area contributed by atoms with Crippen LogP contribution in [0.25, 0.3) is 0 Å². The molecular formula is C13H17F2NS. The van der Waals surface area contributed by atoms with Crippen LogP contribution in [0.5, 0.6) is 0 Å². The Bertz CT molecular complexity index is 364. The average molecular weight is 257 g/mol. The summed E-state index contributed by atoms with van der Waals surface area (Å²) in [5.74, 6) is 0.250. The maximum atomic E-state index is 13.3. The van der Waals surface area contributed by atoms with Gasteiger partial charge in [-0.25, -0.2) is 8.78 Å². The highest BCUT2D eigenvalue weighted by Gasteiger charge is 2.13. The van der Waals surface area contributed by atoms with Crippen molar-refractivity contribution in [3.8, 4) is 0 Å². The van der Waals surface area contributed by atoms with E-state index in [-0.39, 0.29) is 0 Å². The van der Waals surface area contributed by atoms with Gasteiger partial charge in [0.15, 0.2) is 0 Å². The maximum absolute atomic E-state index is 13.3. The summed E-state index contributed by atoms with van der Waals surface area (Å²) >= 11 is 1.99. The monoisotopic (exact) mass is 257 g/mol. The maximum Gasteiger partial charge on any atom is 0.130 e. The Morgan fingerprint density at radius 3 is 2.88 bits per heavy atom. The highest BCUT2D eigenvalue weighted by atomic mass is 32.2. The average Bonchev–Trinajstić information content (AvgIpc) is 2.33. The zero-order valence-electron chi connectivity index (χ0n) is 9.72. The van der Waals surface area contributed by atoms with Gasteiger partial charge in [-0.1, -0.05) is 12.5 Å². The molecule has 1 aromatic rings. The predicted molar refractivity (Wildman–Crippen MR) is 68.2 cm³/mol. The third-order valence-electron chi connectivity index (χ3n) is 2.98. The van der Waals surface area contributed by atoms with E-state index < -0.39 is 11.6 Å². The highest BCUT2D eigenvalue weighted by molar-refractivity contribution is 7.99. The Morgan fingerprint density at radius 1 is 1.29 bits per heavy atom. The van der Waals surface area contributed by atoms with Gasteiger partial charge in [-0.05, 0) is 24.7 Å². The minimum absolute atomic E-state index is 0.464. The van der Waals surface area contributed by atoms with Crippen LogP contribution in [0.1, 0.15) is 24.8 Å². The standard InChI is InChI=1S/C13H17F2NS/c14-11-5-4-10(13(15)7-11)8-16-9-12-3-1-2-6-17-12/h4-5,7,12,16H,1-3,6,8-9H2. The molecule has 1 nitrogen and oxygen atoms in total. The summed E-state index contributed by atoms with van der Waals surface area (Å²) in [4.78, 5) is 0. The third kappa shape index (κ3) is 3.96. The summed E-state index contributed by atoms with van der Waals surface area (Å²) in [5, 5.41) is 3.89. The summed E-state index contributed by atoms with van der Waals surface area (Å²) in [6.07, 6.45) is 3.85. The first-order chi connectivity index (χ1) is 8.25. The molecule has 1 atom stereocenters. The second-order valence-electron chi connectivity index (χ2n) is 4.36. The second kappa shape index (κ2) is 6.36. The quantitative estimate of drug-likeness (QED) is 0.888. The van der Waals surface area contributed by atoms with Crippen LogP contribution in [0.15, 0.2) is 18.2 Å². The number of hydrogen-bond acceptors (Lipinski definition) is 2. The molecule has 0 aliphatic carbocycles. The molecule has 1 aliphatic rings. The molecule has 0 bridgehead atoms. The van der Waals surface area contributed by atoms with Gasteiger partial charge >= 0.3 is 0 Å². The summed E-state index contributed by atoms with van der Waals surface area (Å²) in [7, 11) is 0. The summed E-state index contributed by atoms with van der Waals surface area (Å²) < 4.78 is 26.0. The fraction of sp³-hybridized carbons (Fsp3) is 0.538. The topological polar surface area (TPSA) is 12.0 Å². The lowest BCUT2D eigenvalue weighted by atomic mass is 10.1. The van der Waals surface area contributed by atoms with Gasteiger partial charge in [0.25, 0.3) is 0 Å². The number of thioether (sulfide) groups is 1. The second-order valence-corrected chi connectivity index (χ2v) is 5.76. The minimum Gasteiger partial charge on any atom is -0.311 e. The molecule has 1 saturated heterocycles. The lowest BCUT2D eigenvalue weighted by molar-refractivity contribution is 0.551. The van der Waals surface area contributed by atoms with Crippen LogP contribution in [0.2, 0.25) is 0 Å². The zero-order chi connectivity index (χ0) is 12.1. The number of hydrogen-bond donors (Lipinski definition) is 1. The SMILES string of the molecule is Fc1ccc(CNCC2CCCCS2)c(F)c1. The van der Waals surface area contributed by atoms with E-state index >= 15 is 0 Å². The zero-order valence-corrected chi connectivity index (χ0v) is 10.5. The van der Waals surface area contributed by atoms with Gasteiger partial charge in [0.05, 0.1) is 0 Å². The van der Waals surface area contributed by atoms with Crippen molar-refractivity contribution in [1.29, 1.82) is 0 Å². The first-order valence-corrected chi connectivity index (χ1v) is 7.07. The Labute approximate surface area is 105 Å². The Balaban J connectivity index is 1.77. The molecule has 1 N–H and O–H groups in total. The van der Waals surface area contributed by atoms with Crippen molar-refractivity contribution >= 4 is 11.8 Å². The van der Waals surface area contributed by atoms with Crippen LogP contribution in [0, 0.1) is 11.6 Å². The summed E-state index contributed by atoms with van der Waals surface area (Å²) in [5.41, 5.74) is 0.534. The third-order valence-corrected chi connectivity index (χ3v) is 4.37. The molecule has 1 aromatic carbocycles. The van der Waals surface area contributed by atoms with Crippen LogP contribution in [-0.4, -0.2) is 17.5 Å². The van der Waals surface area contributed by atoms with Crippen LogP contribution in [0.3, 0.4) is 0 Å². The smallest absolute Gasteiger partial charge is 0.130 e. The van der Waals surface area contributed by atoms with Gasteiger partial charge in [0.2, 0.25) is 0 Å². The predicted octanol–water partition coefficient (Wildman–Crippen LogP) is 3.34. The van der Waals surface area contributed by atoms with Gasteiger partial charge in [0.1, 0.15) is 11.6 Å². The molecule has 0 saturated carbocycles. The highest BCUT2D eigenvalue weighted by Crippen LogP contribution is 2.24. The van der Waals surface area contributed by atoms with Crippen molar-refractivity contribution in [2.45, 2.75) is 31.1 Å². The van der Waals surface area contributed by atoms with Crippen molar-refractivity contribution in [2.75, 3.05) is 12.3 Å². The van der Waals surface area contributed by atoms with E-state index in [4.69, 9.17) is 0 Å². The van der Waals surface area contributed by atoms with Crippen LogP contribution in [0.4, 0.5) is 8.78 Å². The molecule has 0 amide bonds. The van der Waals surface area contributed by atoms with Crippen molar-refractivity contribution in [3.63, 3.8) is 0 Å². The van der Waals surface area contributed by atoms with E-state index in [2.05, 4.69) is 5.32 Å². The van der Waals surface area contributed by atoms with E-state index in [1.807, 2.05) is 11.8 Å². The van der Waals surface area contributed by atoms with Crippen molar-refractivity contribution in [1.82, 2.24) is 5.32 Å². The van der Waals surface area contributed by atoms with Gasteiger partial charge < -0.3 is 5.32 Å². The summed E-state index contributed by atoms with van der Waals surface area (Å²) in [6.45, 7) is 1.38. The first kappa shape index (κ1) is 12.8. The van der Waals surface area contributed by atoms with Crippen LogP contribution >= 0.6 is 11.8 Å². The molecule has 1 aliphatic heterocycles. The van der Waals surface area contributed by atoms with E-state index in [0.29, 0.717) is 17.4 Å². The summed E-state index contributed by atoms with van der Waals surface area (Å²) in [6, 6.07) is 3.74. The Morgan fingerprint density at radius 2 is 2.18 bits per heavy atom. The van der Waals surface area contributed by atoms with Gasteiger partial charge in [-0.2, -0.15) is 11.8 Å². The molecule has 0 spiro atoms. The number of rotatable bonds is 4. The lowest BCUT2D eigenvalue weighted by Crippen LogP contribution is -2.26. The van der Waals surface area contributed by atoms with E-state index in [0.717, 1.165) is 12.6 Å². The molecule has 2 rings (SSSR count). The number of benzene rings is 1. The van der Waals surface area contributed by atoms with Gasteiger partial charge in [-0.3, -0.25) is 0 Å². The molecule has 0 aromatic heterocycles. The fourth-order valence-electron chi connectivity index (χ4n) is 2.00. The molecule has 4 heteroatoms. The molecule has 0 radical (unpaired) electrons. The molecule has 1 heterocycles. The molecule has 17 heavy (non-hydrogen) atoms. The number of halogens is 2. The number of nitrogens with one attached hydrogen (secondary N) is 1. The lowest BCUT2D eigenvalue weighted by Gasteiger charge is -2.21. The van der Waals surface area contributed by atoms with E-state index in [9.17, 15) is 8.78 Å². The fourth-order valence-corrected chi connectivity index (χ4v) is 3.27. The van der Waals surface area contributed by atoms with E-state index in [1.165, 1.54) is 37.1 Å². The van der Waals surface area contributed by atoms with E-state index in [1.54, 1.807) is 0 Å².